The summed E-state index contributed by atoms with van der Waals surface area (Å²) >= 11 is 7.53. The van der Waals surface area contributed by atoms with Crippen LogP contribution in [-0.2, 0) is 0 Å². The highest BCUT2D eigenvalue weighted by molar-refractivity contribution is 7.16. The Labute approximate surface area is 91.4 Å². The van der Waals surface area contributed by atoms with Crippen molar-refractivity contribution in [1.82, 2.24) is 4.98 Å². The Morgan fingerprint density at radius 2 is 2.07 bits per heavy atom. The van der Waals surface area contributed by atoms with Gasteiger partial charge >= 0.3 is 0 Å². The normalized spacial score (nSPS) is 10.4. The van der Waals surface area contributed by atoms with E-state index >= 15 is 0 Å². The molecule has 14 heavy (non-hydrogen) atoms. The molecule has 0 spiro atoms. The van der Waals surface area contributed by atoms with Gasteiger partial charge in [-0.15, -0.1) is 11.3 Å². The number of thiazole rings is 1. The molecule has 0 unspecified atom stereocenters. The summed E-state index contributed by atoms with van der Waals surface area (Å²) in [6.07, 6.45) is 0. The predicted molar refractivity (Wildman–Crippen MR) is 61.7 cm³/mol. The summed E-state index contributed by atoms with van der Waals surface area (Å²) in [5.41, 5.74) is 7.53. The van der Waals surface area contributed by atoms with E-state index in [4.69, 9.17) is 17.3 Å². The molecule has 2 aromatic rings. The standard InChI is InChI=1S/C10H9ClN2S/c1-6-13-9(10(12)14-6)7-4-2-3-5-8(7)11/h2-5H,12H2,1H3. The number of hydrogen-bond donors (Lipinski definition) is 1. The first-order valence-corrected chi connectivity index (χ1v) is 5.35. The summed E-state index contributed by atoms with van der Waals surface area (Å²) in [4.78, 5) is 4.35. The molecule has 2 nitrogen and oxygen atoms in total. The van der Waals surface area contributed by atoms with Crippen LogP contribution in [0.15, 0.2) is 24.3 Å². The van der Waals surface area contributed by atoms with E-state index in [2.05, 4.69) is 4.98 Å². The van der Waals surface area contributed by atoms with Crippen molar-refractivity contribution < 1.29 is 0 Å². The second kappa shape index (κ2) is 3.59. The van der Waals surface area contributed by atoms with Crippen LogP contribution in [0.1, 0.15) is 5.01 Å². The van der Waals surface area contributed by atoms with Crippen molar-refractivity contribution in [2.45, 2.75) is 6.92 Å². The summed E-state index contributed by atoms with van der Waals surface area (Å²) in [6, 6.07) is 7.58. The van der Waals surface area contributed by atoms with E-state index in [1.165, 1.54) is 11.3 Å². The van der Waals surface area contributed by atoms with Gasteiger partial charge in [0.1, 0.15) is 10.7 Å². The van der Waals surface area contributed by atoms with Crippen LogP contribution >= 0.6 is 22.9 Å². The molecule has 0 saturated heterocycles. The average molecular weight is 225 g/mol. The van der Waals surface area contributed by atoms with E-state index < -0.39 is 0 Å². The zero-order valence-electron chi connectivity index (χ0n) is 7.62. The first-order chi connectivity index (χ1) is 6.68. The molecule has 1 aromatic heterocycles. The number of halogens is 1. The molecular formula is C10H9ClN2S. The van der Waals surface area contributed by atoms with Crippen LogP contribution in [0, 0.1) is 6.92 Å². The maximum atomic E-state index is 6.05. The minimum Gasteiger partial charge on any atom is -0.389 e. The maximum Gasteiger partial charge on any atom is 0.114 e. The zero-order valence-corrected chi connectivity index (χ0v) is 9.19. The van der Waals surface area contributed by atoms with E-state index in [1.807, 2.05) is 31.2 Å². The van der Waals surface area contributed by atoms with Gasteiger partial charge in [-0.05, 0) is 13.0 Å². The quantitative estimate of drug-likeness (QED) is 0.807. The van der Waals surface area contributed by atoms with Gasteiger partial charge in [-0.25, -0.2) is 4.98 Å². The number of nitrogens with two attached hydrogens (primary N) is 1. The van der Waals surface area contributed by atoms with Crippen molar-refractivity contribution in [3.63, 3.8) is 0 Å². The second-order valence-electron chi connectivity index (χ2n) is 2.93. The van der Waals surface area contributed by atoms with Crippen LogP contribution < -0.4 is 5.73 Å². The van der Waals surface area contributed by atoms with Gasteiger partial charge in [-0.1, -0.05) is 29.8 Å². The van der Waals surface area contributed by atoms with E-state index in [9.17, 15) is 0 Å². The van der Waals surface area contributed by atoms with E-state index in [-0.39, 0.29) is 0 Å². The lowest BCUT2D eigenvalue weighted by molar-refractivity contribution is 1.30. The molecule has 0 bridgehead atoms. The molecular weight excluding hydrogens is 216 g/mol. The monoisotopic (exact) mass is 224 g/mol. The first-order valence-electron chi connectivity index (χ1n) is 4.16. The number of anilines is 1. The van der Waals surface area contributed by atoms with Gasteiger partial charge in [0.15, 0.2) is 0 Å². The van der Waals surface area contributed by atoms with Crippen molar-refractivity contribution in [3.8, 4) is 11.3 Å². The molecule has 2 N–H and O–H groups in total. The Balaban J connectivity index is 2.60. The molecule has 1 heterocycles. The number of benzene rings is 1. The fourth-order valence-electron chi connectivity index (χ4n) is 1.29. The molecule has 0 radical (unpaired) electrons. The molecule has 2 rings (SSSR count). The lowest BCUT2D eigenvalue weighted by Crippen LogP contribution is -1.86. The molecule has 1 aromatic carbocycles. The third kappa shape index (κ3) is 1.61. The fourth-order valence-corrected chi connectivity index (χ4v) is 2.22. The van der Waals surface area contributed by atoms with Crippen molar-refractivity contribution in [1.29, 1.82) is 0 Å². The molecule has 4 heteroatoms. The molecule has 72 valence electrons. The summed E-state index contributed by atoms with van der Waals surface area (Å²) in [5.74, 6) is 0. The molecule has 0 atom stereocenters. The zero-order chi connectivity index (χ0) is 10.1. The largest absolute Gasteiger partial charge is 0.389 e. The summed E-state index contributed by atoms with van der Waals surface area (Å²) in [6.45, 7) is 1.93. The molecule has 0 amide bonds. The SMILES string of the molecule is Cc1nc(-c2ccccc2Cl)c(N)s1. The van der Waals surface area contributed by atoms with Crippen LogP contribution in [0.3, 0.4) is 0 Å². The molecule has 0 fully saturated rings. The van der Waals surface area contributed by atoms with Crippen molar-refractivity contribution in [2.24, 2.45) is 0 Å². The summed E-state index contributed by atoms with van der Waals surface area (Å²) in [7, 11) is 0. The number of nitrogen functional groups attached to an aromatic ring is 1. The van der Waals surface area contributed by atoms with Gasteiger partial charge in [-0.2, -0.15) is 0 Å². The Morgan fingerprint density at radius 3 is 2.64 bits per heavy atom. The lowest BCUT2D eigenvalue weighted by Gasteiger charge is -2.00. The molecule has 0 aliphatic carbocycles. The third-order valence-electron chi connectivity index (χ3n) is 1.89. The van der Waals surface area contributed by atoms with E-state index in [0.717, 1.165) is 21.3 Å². The van der Waals surface area contributed by atoms with Crippen LogP contribution in [-0.4, -0.2) is 4.98 Å². The number of hydrogen-bond acceptors (Lipinski definition) is 3. The number of aromatic nitrogens is 1. The van der Waals surface area contributed by atoms with Crippen LogP contribution in [0.5, 0.6) is 0 Å². The molecule has 0 saturated carbocycles. The predicted octanol–water partition coefficient (Wildman–Crippen LogP) is 3.35. The van der Waals surface area contributed by atoms with E-state index in [1.54, 1.807) is 0 Å². The van der Waals surface area contributed by atoms with Gasteiger partial charge in [-0.3, -0.25) is 0 Å². The van der Waals surface area contributed by atoms with Crippen LogP contribution in [0.25, 0.3) is 11.3 Å². The number of nitrogens with zero attached hydrogens (tertiary/aromatic N) is 1. The highest BCUT2D eigenvalue weighted by Gasteiger charge is 2.10. The maximum absolute atomic E-state index is 6.05. The van der Waals surface area contributed by atoms with Crippen molar-refractivity contribution >= 4 is 27.9 Å². The Morgan fingerprint density at radius 1 is 1.36 bits per heavy atom. The Kier molecular flexibility index (Phi) is 2.44. The van der Waals surface area contributed by atoms with Crippen molar-refractivity contribution in [2.75, 3.05) is 5.73 Å². The van der Waals surface area contributed by atoms with Crippen molar-refractivity contribution in [3.05, 3.63) is 34.3 Å². The van der Waals surface area contributed by atoms with Gasteiger partial charge < -0.3 is 5.73 Å². The lowest BCUT2D eigenvalue weighted by atomic mass is 10.2. The molecule has 0 aliphatic rings. The summed E-state index contributed by atoms with van der Waals surface area (Å²) in [5, 5.41) is 2.36. The van der Waals surface area contributed by atoms with Gasteiger partial charge in [0.2, 0.25) is 0 Å². The Hall–Kier alpha value is -1.06. The average Bonchev–Trinajstić information content (AvgIpc) is 2.46. The highest BCUT2D eigenvalue weighted by Crippen LogP contribution is 2.34. The number of aryl methyl sites for hydroxylation is 1. The third-order valence-corrected chi connectivity index (χ3v) is 3.02. The molecule has 0 aliphatic heterocycles. The number of rotatable bonds is 1. The first kappa shape index (κ1) is 9.49. The van der Waals surface area contributed by atoms with Crippen LogP contribution in [0.4, 0.5) is 5.00 Å². The second-order valence-corrected chi connectivity index (χ2v) is 4.57. The van der Waals surface area contributed by atoms with Crippen LogP contribution in [0.2, 0.25) is 5.02 Å². The smallest absolute Gasteiger partial charge is 0.114 e. The summed E-state index contributed by atoms with van der Waals surface area (Å²) < 4.78 is 0. The van der Waals surface area contributed by atoms with Gasteiger partial charge in [0, 0.05) is 5.56 Å². The van der Waals surface area contributed by atoms with Gasteiger partial charge in [0.25, 0.3) is 0 Å². The Bertz CT molecular complexity index is 465. The van der Waals surface area contributed by atoms with Gasteiger partial charge in [0.05, 0.1) is 10.0 Å². The minimum absolute atomic E-state index is 0.685. The minimum atomic E-state index is 0.685. The van der Waals surface area contributed by atoms with E-state index in [0.29, 0.717) is 5.02 Å². The fraction of sp³-hybridized carbons (Fsp3) is 0.100. The topological polar surface area (TPSA) is 38.9 Å². The highest BCUT2D eigenvalue weighted by atomic mass is 35.5.